The molecule has 120 valence electrons. The van der Waals surface area contributed by atoms with Crippen molar-refractivity contribution >= 4 is 17.9 Å². The van der Waals surface area contributed by atoms with Gasteiger partial charge in [0.1, 0.15) is 12.6 Å². The molecule has 22 heavy (non-hydrogen) atoms. The fraction of sp³-hybridized carbons (Fsp3) is 0.667. The van der Waals surface area contributed by atoms with Crippen LogP contribution in [0.25, 0.3) is 0 Å². The van der Waals surface area contributed by atoms with Gasteiger partial charge in [0.2, 0.25) is 11.8 Å². The van der Waals surface area contributed by atoms with Crippen LogP contribution in [0, 0.1) is 0 Å². The van der Waals surface area contributed by atoms with Gasteiger partial charge >= 0.3 is 6.09 Å². The van der Waals surface area contributed by atoms with Crippen molar-refractivity contribution in [3.63, 3.8) is 0 Å². The van der Waals surface area contributed by atoms with Gasteiger partial charge in [-0.3, -0.25) is 9.59 Å². The van der Waals surface area contributed by atoms with Crippen molar-refractivity contribution in [1.29, 1.82) is 0 Å². The average molecular weight is 307 g/mol. The fourth-order valence-electron chi connectivity index (χ4n) is 3.78. The number of likely N-dealkylation sites (tertiary alicyclic amines) is 2. The van der Waals surface area contributed by atoms with Crippen molar-refractivity contribution in [3.05, 3.63) is 12.7 Å². The van der Waals surface area contributed by atoms with E-state index in [4.69, 9.17) is 4.74 Å². The lowest BCUT2D eigenvalue weighted by atomic mass is 9.84. The molecule has 3 amide bonds. The number of piperidine rings is 1. The molecule has 1 N–H and O–H groups in total. The van der Waals surface area contributed by atoms with Crippen molar-refractivity contribution in [2.24, 2.45) is 0 Å². The van der Waals surface area contributed by atoms with Gasteiger partial charge in [-0.25, -0.2) is 4.79 Å². The minimum atomic E-state index is -0.574. The minimum absolute atomic E-state index is 0.0535. The standard InChI is InChI=1S/C15H21N3O4/c1-2-12(19)17-8-5-15(6-9-17)4-3-7-18(15)13(20)11-10-22-14(21)16-11/h2,11H,1,3-10H2,(H,16,21)/t11-/m1/s1. The molecule has 0 aliphatic carbocycles. The van der Waals surface area contributed by atoms with Crippen molar-refractivity contribution in [1.82, 2.24) is 15.1 Å². The molecule has 1 atom stereocenters. The van der Waals surface area contributed by atoms with Crippen LogP contribution < -0.4 is 5.32 Å². The highest BCUT2D eigenvalue weighted by Gasteiger charge is 2.48. The Hall–Kier alpha value is -2.05. The van der Waals surface area contributed by atoms with E-state index >= 15 is 0 Å². The molecule has 3 saturated heterocycles. The van der Waals surface area contributed by atoms with E-state index in [1.54, 1.807) is 4.90 Å². The number of carbonyl (C=O) groups is 3. The van der Waals surface area contributed by atoms with E-state index in [0.29, 0.717) is 19.6 Å². The molecule has 0 unspecified atom stereocenters. The van der Waals surface area contributed by atoms with Crippen molar-refractivity contribution < 1.29 is 19.1 Å². The molecule has 3 aliphatic rings. The van der Waals surface area contributed by atoms with Gasteiger partial charge in [0.05, 0.1) is 0 Å². The maximum absolute atomic E-state index is 12.7. The summed E-state index contributed by atoms with van der Waals surface area (Å²) >= 11 is 0. The molecule has 0 bridgehead atoms. The number of hydrogen-bond donors (Lipinski definition) is 1. The number of hydrogen-bond acceptors (Lipinski definition) is 4. The van der Waals surface area contributed by atoms with Gasteiger partial charge < -0.3 is 19.9 Å². The SMILES string of the molecule is C=CC(=O)N1CCC2(CCCN2C(=O)[C@H]2COC(=O)N2)CC1. The Kier molecular flexibility index (Phi) is 3.80. The van der Waals surface area contributed by atoms with Gasteiger partial charge in [-0.15, -0.1) is 0 Å². The normalized spacial score (nSPS) is 26.7. The van der Waals surface area contributed by atoms with Crippen LogP contribution in [0.5, 0.6) is 0 Å². The zero-order valence-corrected chi connectivity index (χ0v) is 12.5. The van der Waals surface area contributed by atoms with Crippen LogP contribution in [0.4, 0.5) is 4.79 Å². The van der Waals surface area contributed by atoms with Gasteiger partial charge in [0.25, 0.3) is 0 Å². The maximum Gasteiger partial charge on any atom is 0.407 e. The summed E-state index contributed by atoms with van der Waals surface area (Å²) in [4.78, 5) is 39.2. The summed E-state index contributed by atoms with van der Waals surface area (Å²) in [5.74, 6) is -0.117. The number of amides is 3. The van der Waals surface area contributed by atoms with E-state index in [0.717, 1.165) is 25.7 Å². The van der Waals surface area contributed by atoms with Crippen LogP contribution >= 0.6 is 0 Å². The monoisotopic (exact) mass is 307 g/mol. The van der Waals surface area contributed by atoms with Crippen molar-refractivity contribution in [2.45, 2.75) is 37.3 Å². The molecule has 3 aliphatic heterocycles. The second-order valence-corrected chi connectivity index (χ2v) is 6.14. The average Bonchev–Trinajstić information content (AvgIpc) is 3.13. The lowest BCUT2D eigenvalue weighted by Crippen LogP contribution is -2.58. The molecule has 0 aromatic carbocycles. The third-order valence-corrected chi connectivity index (χ3v) is 5.01. The van der Waals surface area contributed by atoms with E-state index < -0.39 is 12.1 Å². The van der Waals surface area contributed by atoms with E-state index in [-0.39, 0.29) is 24.0 Å². The van der Waals surface area contributed by atoms with E-state index in [2.05, 4.69) is 11.9 Å². The summed E-state index contributed by atoms with van der Waals surface area (Å²) in [6.45, 7) is 5.61. The predicted octanol–water partition coefficient (Wildman–Crippen LogP) is 0.264. The Morgan fingerprint density at radius 2 is 2.00 bits per heavy atom. The quantitative estimate of drug-likeness (QED) is 0.743. The van der Waals surface area contributed by atoms with E-state index in [9.17, 15) is 14.4 Å². The van der Waals surface area contributed by atoms with Crippen LogP contribution in [0.3, 0.4) is 0 Å². The van der Waals surface area contributed by atoms with Crippen LogP contribution in [-0.2, 0) is 14.3 Å². The number of nitrogens with one attached hydrogen (secondary N) is 1. The van der Waals surface area contributed by atoms with Crippen LogP contribution in [0.1, 0.15) is 25.7 Å². The minimum Gasteiger partial charge on any atom is -0.447 e. The fourth-order valence-corrected chi connectivity index (χ4v) is 3.78. The van der Waals surface area contributed by atoms with Gasteiger partial charge in [-0.1, -0.05) is 6.58 Å². The summed E-state index contributed by atoms with van der Waals surface area (Å²) < 4.78 is 4.82. The smallest absolute Gasteiger partial charge is 0.407 e. The molecule has 7 heteroatoms. The first kappa shape index (κ1) is 14.9. The second kappa shape index (κ2) is 5.62. The largest absolute Gasteiger partial charge is 0.447 e. The molecule has 3 rings (SSSR count). The van der Waals surface area contributed by atoms with Crippen LogP contribution in [-0.4, -0.2) is 65.5 Å². The summed E-state index contributed by atoms with van der Waals surface area (Å²) in [7, 11) is 0. The Balaban J connectivity index is 1.68. The third kappa shape index (κ3) is 2.44. The summed E-state index contributed by atoms with van der Waals surface area (Å²) in [5, 5.41) is 2.56. The summed E-state index contributed by atoms with van der Waals surface area (Å²) in [6.07, 6.45) is 4.28. The molecule has 0 saturated carbocycles. The molecular formula is C15H21N3O4. The first-order valence-corrected chi connectivity index (χ1v) is 7.72. The first-order chi connectivity index (χ1) is 10.6. The summed E-state index contributed by atoms with van der Waals surface area (Å²) in [6, 6.07) is -0.574. The van der Waals surface area contributed by atoms with Crippen LogP contribution in [0.15, 0.2) is 12.7 Å². The van der Waals surface area contributed by atoms with Crippen molar-refractivity contribution in [3.8, 4) is 0 Å². The number of ether oxygens (including phenoxy) is 1. The molecule has 1 spiro atoms. The Morgan fingerprint density at radius 1 is 1.27 bits per heavy atom. The molecular weight excluding hydrogens is 286 g/mol. The summed E-state index contributed by atoms with van der Waals surface area (Å²) in [5.41, 5.74) is -0.178. The Labute approximate surface area is 129 Å². The van der Waals surface area contributed by atoms with Crippen molar-refractivity contribution in [2.75, 3.05) is 26.2 Å². The molecule has 3 fully saturated rings. The maximum atomic E-state index is 12.7. The Morgan fingerprint density at radius 3 is 2.59 bits per heavy atom. The topological polar surface area (TPSA) is 79.0 Å². The van der Waals surface area contributed by atoms with Gasteiger partial charge in [-0.2, -0.15) is 0 Å². The predicted molar refractivity (Wildman–Crippen MR) is 78.0 cm³/mol. The highest BCUT2D eigenvalue weighted by atomic mass is 16.6. The highest BCUT2D eigenvalue weighted by molar-refractivity contribution is 5.89. The number of rotatable bonds is 2. The molecule has 0 aromatic heterocycles. The van der Waals surface area contributed by atoms with E-state index in [1.807, 2.05) is 4.90 Å². The zero-order valence-electron chi connectivity index (χ0n) is 12.5. The zero-order chi connectivity index (χ0) is 15.7. The lowest BCUT2D eigenvalue weighted by molar-refractivity contribution is -0.140. The molecule has 0 aromatic rings. The molecule has 7 nitrogen and oxygen atoms in total. The lowest BCUT2D eigenvalue weighted by Gasteiger charge is -2.45. The Bertz CT molecular complexity index is 511. The number of nitrogens with zero attached hydrogens (tertiary/aromatic N) is 2. The third-order valence-electron chi connectivity index (χ3n) is 5.01. The molecule has 0 radical (unpaired) electrons. The number of alkyl carbamates (subject to hydrolysis) is 1. The second-order valence-electron chi connectivity index (χ2n) is 6.14. The van der Waals surface area contributed by atoms with E-state index in [1.165, 1.54) is 6.08 Å². The number of carbonyl (C=O) groups excluding carboxylic acids is 3. The van der Waals surface area contributed by atoms with Gasteiger partial charge in [0, 0.05) is 25.2 Å². The molecule has 3 heterocycles. The van der Waals surface area contributed by atoms with Crippen LogP contribution in [0.2, 0.25) is 0 Å². The highest BCUT2D eigenvalue weighted by Crippen LogP contribution is 2.39. The van der Waals surface area contributed by atoms with Gasteiger partial charge in [0.15, 0.2) is 0 Å². The number of cyclic esters (lactones) is 1. The van der Waals surface area contributed by atoms with Gasteiger partial charge in [-0.05, 0) is 31.8 Å². The first-order valence-electron chi connectivity index (χ1n) is 7.72.